The number of dihydropyridines is 1. The monoisotopic (exact) mass is 398 g/mol. The molecule has 1 atom stereocenters. The lowest BCUT2D eigenvalue weighted by Gasteiger charge is -2.29. The van der Waals surface area contributed by atoms with Gasteiger partial charge in [0.2, 0.25) is 0 Å². The quantitative estimate of drug-likeness (QED) is 0.649. The Hall–Kier alpha value is -3.65. The fourth-order valence-electron chi connectivity index (χ4n) is 4.34. The number of ether oxygens (including phenoxy) is 1. The molecule has 1 N–H and O–H groups in total. The van der Waals surface area contributed by atoms with Gasteiger partial charge in [0, 0.05) is 22.5 Å². The molecule has 0 saturated heterocycles. The van der Waals surface area contributed by atoms with Crippen molar-refractivity contribution in [1.82, 2.24) is 5.32 Å². The second kappa shape index (κ2) is 7.64. The first kappa shape index (κ1) is 19.7. The molecule has 0 aromatic heterocycles. The molecule has 1 unspecified atom stereocenters. The van der Waals surface area contributed by atoms with Crippen molar-refractivity contribution in [3.63, 3.8) is 0 Å². The van der Waals surface area contributed by atoms with Gasteiger partial charge in [-0.3, -0.25) is 4.79 Å². The predicted octanol–water partition coefficient (Wildman–Crippen LogP) is 4.61. The van der Waals surface area contributed by atoms with E-state index in [0.717, 1.165) is 16.7 Å². The van der Waals surface area contributed by atoms with Crippen molar-refractivity contribution < 1.29 is 14.3 Å². The highest BCUT2D eigenvalue weighted by Gasteiger charge is 2.38. The molecule has 0 amide bonds. The molecule has 0 bridgehead atoms. The molecular weight excluding hydrogens is 376 g/mol. The van der Waals surface area contributed by atoms with E-state index in [-0.39, 0.29) is 5.78 Å². The number of nitriles is 1. The third-order valence-corrected chi connectivity index (χ3v) is 5.63. The molecule has 2 aromatic rings. The molecule has 150 valence electrons. The Morgan fingerprint density at radius 2 is 1.77 bits per heavy atom. The minimum Gasteiger partial charge on any atom is -0.462 e. The van der Waals surface area contributed by atoms with Crippen LogP contribution in [0.4, 0.5) is 0 Å². The number of carbonyl (C=O) groups is 2. The summed E-state index contributed by atoms with van der Waals surface area (Å²) in [5, 5.41) is 13.1. The van der Waals surface area contributed by atoms with Crippen molar-refractivity contribution in [3.05, 3.63) is 81.7 Å². The third-order valence-electron chi connectivity index (χ3n) is 5.63. The van der Waals surface area contributed by atoms with Crippen LogP contribution in [0.2, 0.25) is 0 Å². The van der Waals surface area contributed by atoms with Gasteiger partial charge in [-0.2, -0.15) is 5.26 Å². The number of nitrogens with one attached hydrogen (secondary N) is 1. The van der Waals surface area contributed by atoms with Crippen molar-refractivity contribution in [2.75, 3.05) is 6.61 Å². The summed E-state index contributed by atoms with van der Waals surface area (Å²) in [6.45, 7) is 5.88. The van der Waals surface area contributed by atoms with Crippen LogP contribution >= 0.6 is 0 Å². The molecule has 4 rings (SSSR count). The lowest BCUT2D eigenvalue weighted by Crippen LogP contribution is -2.29. The Bertz CT molecular complexity index is 1180. The van der Waals surface area contributed by atoms with Crippen LogP contribution in [-0.2, 0) is 9.53 Å². The minimum atomic E-state index is -0.602. The number of benzene rings is 2. The van der Waals surface area contributed by atoms with E-state index in [1.54, 1.807) is 6.07 Å². The molecular formula is C25H22N2O3. The summed E-state index contributed by atoms with van der Waals surface area (Å²) in [7, 11) is 0. The Morgan fingerprint density at radius 1 is 1.07 bits per heavy atom. The Labute approximate surface area is 175 Å². The maximum absolute atomic E-state index is 13.0. The Kier molecular flexibility index (Phi) is 5.01. The van der Waals surface area contributed by atoms with Crippen LogP contribution in [0.5, 0.6) is 0 Å². The molecule has 2 aliphatic rings. The molecule has 5 heteroatoms. The summed E-state index contributed by atoms with van der Waals surface area (Å²) >= 11 is 0. The van der Waals surface area contributed by atoms with Gasteiger partial charge in [0.25, 0.3) is 0 Å². The van der Waals surface area contributed by atoms with E-state index in [9.17, 15) is 14.9 Å². The number of carbonyl (C=O) groups excluding carboxylic acids is 2. The zero-order chi connectivity index (χ0) is 21.4. The lowest BCUT2D eigenvalue weighted by molar-refractivity contribution is -0.139. The predicted molar refractivity (Wildman–Crippen MR) is 113 cm³/mol. The normalized spacial score (nSPS) is 17.3. The van der Waals surface area contributed by atoms with Gasteiger partial charge in [-0.25, -0.2) is 4.79 Å². The zero-order valence-electron chi connectivity index (χ0n) is 17.2. The molecule has 0 fully saturated rings. The lowest BCUT2D eigenvalue weighted by atomic mass is 9.78. The number of rotatable bonds is 4. The average Bonchev–Trinajstić information content (AvgIpc) is 3.04. The van der Waals surface area contributed by atoms with Gasteiger partial charge in [0.15, 0.2) is 5.78 Å². The van der Waals surface area contributed by atoms with Crippen LogP contribution in [-0.4, -0.2) is 18.4 Å². The first-order chi connectivity index (χ1) is 14.5. The van der Waals surface area contributed by atoms with Crippen LogP contribution in [0.15, 0.2) is 65.0 Å². The van der Waals surface area contributed by atoms with E-state index >= 15 is 0 Å². The smallest absolute Gasteiger partial charge is 0.336 e. The number of nitrogens with zero attached hydrogens (tertiary/aromatic N) is 1. The largest absolute Gasteiger partial charge is 0.462 e. The van der Waals surface area contributed by atoms with Gasteiger partial charge in [-0.15, -0.1) is 0 Å². The van der Waals surface area contributed by atoms with Crippen LogP contribution in [0.3, 0.4) is 0 Å². The van der Waals surface area contributed by atoms with Gasteiger partial charge in [0.05, 0.1) is 29.7 Å². The molecule has 1 heterocycles. The van der Waals surface area contributed by atoms with Gasteiger partial charge in [-0.05, 0) is 37.0 Å². The first-order valence-electron chi connectivity index (χ1n) is 10.0. The van der Waals surface area contributed by atoms with Gasteiger partial charge in [0.1, 0.15) is 0 Å². The Morgan fingerprint density at radius 3 is 2.47 bits per heavy atom. The van der Waals surface area contributed by atoms with Gasteiger partial charge in [-0.1, -0.05) is 49.4 Å². The number of hydrogen-bond donors (Lipinski definition) is 1. The fraction of sp³-hybridized carbons (Fsp3) is 0.240. The van der Waals surface area contributed by atoms with Crippen molar-refractivity contribution in [1.29, 1.82) is 5.26 Å². The van der Waals surface area contributed by atoms with Crippen LogP contribution in [0, 0.1) is 11.3 Å². The molecule has 30 heavy (non-hydrogen) atoms. The van der Waals surface area contributed by atoms with Crippen molar-refractivity contribution in [2.45, 2.75) is 33.1 Å². The van der Waals surface area contributed by atoms with E-state index in [4.69, 9.17) is 4.74 Å². The maximum Gasteiger partial charge on any atom is 0.336 e. The third kappa shape index (κ3) is 2.93. The number of ketones is 1. The highest BCUT2D eigenvalue weighted by molar-refractivity contribution is 6.22. The number of fused-ring (bicyclic) bond motifs is 3. The highest BCUT2D eigenvalue weighted by Crippen LogP contribution is 2.47. The summed E-state index contributed by atoms with van der Waals surface area (Å²) in [4.78, 5) is 26.0. The summed E-state index contributed by atoms with van der Waals surface area (Å²) in [6, 6.07) is 15.3. The topological polar surface area (TPSA) is 79.2 Å². The average molecular weight is 398 g/mol. The number of allylic oxidation sites excluding steroid dienone is 3. The van der Waals surface area contributed by atoms with E-state index in [0.29, 0.717) is 46.7 Å². The standard InChI is InChI=1S/C25H22N2O3/c1-4-12-30-25(29)21-15(3)27-14(2)20(13-26)23(21)18-10-7-11-19-22(18)16-8-5-6-9-17(16)24(19)28/h5-11,23,27H,4,12H2,1-3H3. The van der Waals surface area contributed by atoms with Gasteiger partial charge < -0.3 is 10.1 Å². The summed E-state index contributed by atoms with van der Waals surface area (Å²) in [5.74, 6) is -1.08. The molecule has 5 nitrogen and oxygen atoms in total. The molecule has 0 saturated carbocycles. The number of hydrogen-bond acceptors (Lipinski definition) is 5. The van der Waals surface area contributed by atoms with Crippen LogP contribution < -0.4 is 5.32 Å². The molecule has 2 aromatic carbocycles. The summed E-state index contributed by atoms with van der Waals surface area (Å²) in [6.07, 6.45) is 0.707. The van der Waals surface area contributed by atoms with Gasteiger partial charge >= 0.3 is 5.97 Å². The van der Waals surface area contributed by atoms with Crippen molar-refractivity contribution in [2.24, 2.45) is 0 Å². The molecule has 0 radical (unpaired) electrons. The Balaban J connectivity index is 1.97. The number of esters is 1. The second-order valence-corrected chi connectivity index (χ2v) is 7.53. The molecule has 0 spiro atoms. The van der Waals surface area contributed by atoms with Crippen LogP contribution in [0.25, 0.3) is 11.1 Å². The van der Waals surface area contributed by atoms with E-state index in [2.05, 4.69) is 11.4 Å². The van der Waals surface area contributed by atoms with E-state index in [1.807, 2.05) is 57.2 Å². The van der Waals surface area contributed by atoms with E-state index in [1.165, 1.54) is 0 Å². The first-order valence-corrected chi connectivity index (χ1v) is 10.0. The summed E-state index contributed by atoms with van der Waals surface area (Å²) < 4.78 is 5.46. The second-order valence-electron chi connectivity index (χ2n) is 7.53. The van der Waals surface area contributed by atoms with E-state index < -0.39 is 11.9 Å². The molecule has 1 aliphatic heterocycles. The highest BCUT2D eigenvalue weighted by atomic mass is 16.5. The van der Waals surface area contributed by atoms with Crippen LogP contribution in [0.1, 0.15) is 54.6 Å². The maximum atomic E-state index is 13.0. The summed E-state index contributed by atoms with van der Waals surface area (Å²) in [5.41, 5.74) is 5.86. The van der Waals surface area contributed by atoms with Crippen molar-refractivity contribution in [3.8, 4) is 17.2 Å². The van der Waals surface area contributed by atoms with Crippen molar-refractivity contribution >= 4 is 11.8 Å². The fourth-order valence-corrected chi connectivity index (χ4v) is 4.34. The minimum absolute atomic E-state index is 0.0357. The molecule has 1 aliphatic carbocycles. The zero-order valence-corrected chi connectivity index (χ0v) is 17.2. The SMILES string of the molecule is CCCOC(=O)C1=C(C)NC(C)=C(C#N)C1c1cccc2c1-c1ccccc1C2=O.